The van der Waals surface area contributed by atoms with E-state index in [1.807, 2.05) is 0 Å². The minimum atomic E-state index is -0.722. The van der Waals surface area contributed by atoms with Gasteiger partial charge >= 0.3 is 0 Å². The van der Waals surface area contributed by atoms with Gasteiger partial charge in [0.1, 0.15) is 17.1 Å². The molecule has 1 heterocycles. The summed E-state index contributed by atoms with van der Waals surface area (Å²) in [5.74, 6) is -1.29. The van der Waals surface area contributed by atoms with Crippen LogP contribution in [-0.2, 0) is 0 Å². The van der Waals surface area contributed by atoms with Crippen LogP contribution in [-0.4, -0.2) is 26.2 Å². The van der Waals surface area contributed by atoms with Crippen LogP contribution in [0.2, 0.25) is 0 Å². The fourth-order valence-corrected chi connectivity index (χ4v) is 2.25. The highest BCUT2D eigenvalue weighted by atomic mass is 32.1. The molecule has 2 aromatic rings. The number of hydrogen-bond acceptors (Lipinski definition) is 6. The van der Waals surface area contributed by atoms with Crippen molar-refractivity contribution in [3.8, 4) is 11.5 Å². The number of thiazole rings is 1. The summed E-state index contributed by atoms with van der Waals surface area (Å²) in [6, 6.07) is 4.03. The van der Waals surface area contributed by atoms with Crippen molar-refractivity contribution in [2.45, 2.75) is 13.0 Å². The number of nitrogens with zero attached hydrogens (tertiary/aromatic N) is 1. The van der Waals surface area contributed by atoms with Crippen LogP contribution in [0.15, 0.2) is 23.6 Å². The van der Waals surface area contributed by atoms with E-state index < -0.39 is 12.0 Å². The molecule has 0 saturated carbocycles. The summed E-state index contributed by atoms with van der Waals surface area (Å²) in [6.45, 7) is 1.56. The highest BCUT2D eigenvalue weighted by Gasteiger charge is 2.17. The number of carbonyl (C=O) groups excluding carboxylic acids is 1. The molecule has 1 aromatic carbocycles. The van der Waals surface area contributed by atoms with Crippen LogP contribution in [0, 0.1) is 0 Å². The normalized spacial score (nSPS) is 12.1. The van der Waals surface area contributed by atoms with Crippen molar-refractivity contribution >= 4 is 22.4 Å². The first-order valence-corrected chi connectivity index (χ1v) is 6.32. The first-order chi connectivity index (χ1) is 8.99. The molecule has 1 aromatic heterocycles. The highest BCUT2D eigenvalue weighted by Crippen LogP contribution is 2.28. The number of aromatic nitrogens is 1. The highest BCUT2D eigenvalue weighted by molar-refractivity contribution is 7.14. The lowest BCUT2D eigenvalue weighted by Gasteiger charge is -2.06. The van der Waals surface area contributed by atoms with Gasteiger partial charge in [0.25, 0.3) is 5.91 Å². The van der Waals surface area contributed by atoms with Crippen molar-refractivity contribution in [3.63, 3.8) is 0 Å². The van der Waals surface area contributed by atoms with Crippen molar-refractivity contribution in [1.29, 1.82) is 0 Å². The molecule has 0 aliphatic rings. The van der Waals surface area contributed by atoms with Gasteiger partial charge in [-0.3, -0.25) is 10.1 Å². The summed E-state index contributed by atoms with van der Waals surface area (Å²) >= 11 is 1.15. The number of nitrogens with one attached hydrogen (secondary N) is 1. The molecule has 1 atom stereocenters. The van der Waals surface area contributed by atoms with Crippen LogP contribution in [0.3, 0.4) is 0 Å². The average Bonchev–Trinajstić information content (AvgIpc) is 2.77. The van der Waals surface area contributed by atoms with Crippen LogP contribution >= 0.6 is 11.3 Å². The van der Waals surface area contributed by atoms with Crippen molar-refractivity contribution < 1.29 is 20.1 Å². The number of aromatic hydroxyl groups is 2. The first-order valence-electron chi connectivity index (χ1n) is 5.45. The Bertz CT molecular complexity index is 589. The van der Waals surface area contributed by atoms with Gasteiger partial charge in [-0.25, -0.2) is 4.98 Å². The SMILES string of the molecule is CC(O)c1csc(NC(=O)c2c(O)cccc2O)n1. The number of hydrogen-bond donors (Lipinski definition) is 4. The summed E-state index contributed by atoms with van der Waals surface area (Å²) in [4.78, 5) is 15.9. The molecule has 0 aliphatic heterocycles. The topological polar surface area (TPSA) is 103 Å². The summed E-state index contributed by atoms with van der Waals surface area (Å²) in [5.41, 5.74) is 0.234. The molecule has 0 saturated heterocycles. The Labute approximate surface area is 113 Å². The fraction of sp³-hybridized carbons (Fsp3) is 0.167. The van der Waals surface area contributed by atoms with Gasteiger partial charge in [0.2, 0.25) is 0 Å². The maximum Gasteiger partial charge on any atom is 0.264 e. The van der Waals surface area contributed by atoms with Gasteiger partial charge in [-0.2, -0.15) is 0 Å². The molecule has 0 bridgehead atoms. The minimum absolute atomic E-state index is 0.212. The van der Waals surface area contributed by atoms with Gasteiger partial charge in [-0.1, -0.05) is 6.07 Å². The fourth-order valence-electron chi connectivity index (χ4n) is 1.46. The zero-order valence-corrected chi connectivity index (χ0v) is 10.8. The molecular formula is C12H12N2O4S. The zero-order chi connectivity index (χ0) is 14.0. The molecule has 1 amide bonds. The van der Waals surface area contributed by atoms with Crippen LogP contribution in [0.1, 0.15) is 29.1 Å². The Morgan fingerprint density at radius 1 is 1.37 bits per heavy atom. The largest absolute Gasteiger partial charge is 0.507 e. The predicted molar refractivity (Wildman–Crippen MR) is 70.5 cm³/mol. The Hall–Kier alpha value is -2.12. The molecule has 0 aliphatic carbocycles. The average molecular weight is 280 g/mol. The van der Waals surface area contributed by atoms with E-state index in [1.54, 1.807) is 12.3 Å². The second-order valence-electron chi connectivity index (χ2n) is 3.88. The predicted octanol–water partition coefficient (Wildman–Crippen LogP) is 1.86. The van der Waals surface area contributed by atoms with E-state index in [4.69, 9.17) is 0 Å². The van der Waals surface area contributed by atoms with Gasteiger partial charge in [0, 0.05) is 5.38 Å². The van der Waals surface area contributed by atoms with Crippen LogP contribution in [0.5, 0.6) is 11.5 Å². The zero-order valence-electron chi connectivity index (χ0n) is 9.99. The van der Waals surface area contributed by atoms with E-state index in [0.29, 0.717) is 5.69 Å². The molecule has 0 fully saturated rings. The molecule has 19 heavy (non-hydrogen) atoms. The smallest absolute Gasteiger partial charge is 0.264 e. The third-order valence-corrected chi connectivity index (χ3v) is 3.19. The molecular weight excluding hydrogens is 268 g/mol. The molecule has 1 unspecified atom stereocenters. The molecule has 0 radical (unpaired) electrons. The van der Waals surface area contributed by atoms with Crippen molar-refractivity contribution in [2.75, 3.05) is 5.32 Å². The first kappa shape index (κ1) is 13.3. The summed E-state index contributed by atoms with van der Waals surface area (Å²) in [6.07, 6.45) is -0.722. The van der Waals surface area contributed by atoms with Crippen LogP contribution in [0.4, 0.5) is 5.13 Å². The number of aliphatic hydroxyl groups is 1. The van der Waals surface area contributed by atoms with E-state index in [9.17, 15) is 20.1 Å². The third kappa shape index (κ3) is 2.83. The van der Waals surface area contributed by atoms with Gasteiger partial charge in [-0.15, -0.1) is 11.3 Å². The number of aliphatic hydroxyl groups excluding tert-OH is 1. The molecule has 7 heteroatoms. The van der Waals surface area contributed by atoms with E-state index in [2.05, 4.69) is 10.3 Å². The van der Waals surface area contributed by atoms with E-state index in [-0.39, 0.29) is 22.2 Å². The molecule has 6 nitrogen and oxygen atoms in total. The summed E-state index contributed by atoms with van der Waals surface area (Å²) < 4.78 is 0. The van der Waals surface area contributed by atoms with Crippen LogP contribution < -0.4 is 5.32 Å². The summed E-state index contributed by atoms with van der Waals surface area (Å²) in [5, 5.41) is 32.8. The lowest BCUT2D eigenvalue weighted by molar-refractivity contribution is 0.102. The maximum atomic E-state index is 11.9. The third-order valence-electron chi connectivity index (χ3n) is 2.42. The summed E-state index contributed by atoms with van der Waals surface area (Å²) in [7, 11) is 0. The van der Waals surface area contributed by atoms with Gasteiger partial charge < -0.3 is 15.3 Å². The van der Waals surface area contributed by atoms with Gasteiger partial charge in [-0.05, 0) is 19.1 Å². The number of phenols is 2. The minimum Gasteiger partial charge on any atom is -0.507 e. The van der Waals surface area contributed by atoms with Gasteiger partial charge in [0.15, 0.2) is 5.13 Å². The van der Waals surface area contributed by atoms with Gasteiger partial charge in [0.05, 0.1) is 11.8 Å². The molecule has 0 spiro atoms. The van der Waals surface area contributed by atoms with E-state index in [1.165, 1.54) is 18.2 Å². The number of amides is 1. The Morgan fingerprint density at radius 3 is 2.53 bits per heavy atom. The quantitative estimate of drug-likeness (QED) is 0.687. The lowest BCUT2D eigenvalue weighted by atomic mass is 10.1. The number of carbonyl (C=O) groups is 1. The standard InChI is InChI=1S/C12H12N2O4S/c1-6(15)7-5-19-12(13-7)14-11(18)10-8(16)3-2-4-9(10)17/h2-6,15-17H,1H3,(H,13,14,18). The van der Waals surface area contributed by atoms with Crippen molar-refractivity contribution in [1.82, 2.24) is 4.98 Å². The number of rotatable bonds is 3. The second-order valence-corrected chi connectivity index (χ2v) is 4.74. The Balaban J connectivity index is 2.21. The second kappa shape index (κ2) is 5.25. The number of benzene rings is 1. The Morgan fingerprint density at radius 2 is 2.00 bits per heavy atom. The van der Waals surface area contributed by atoms with Crippen molar-refractivity contribution in [2.24, 2.45) is 0 Å². The number of phenolic OH excluding ortho intramolecular Hbond substituents is 2. The van der Waals surface area contributed by atoms with E-state index in [0.717, 1.165) is 11.3 Å². The molecule has 100 valence electrons. The monoisotopic (exact) mass is 280 g/mol. The lowest BCUT2D eigenvalue weighted by Crippen LogP contribution is -2.12. The van der Waals surface area contributed by atoms with E-state index >= 15 is 0 Å². The number of anilines is 1. The molecule has 2 rings (SSSR count). The molecule has 4 N–H and O–H groups in total. The Kier molecular flexibility index (Phi) is 3.68. The van der Waals surface area contributed by atoms with Crippen molar-refractivity contribution in [3.05, 3.63) is 34.8 Å². The van der Waals surface area contributed by atoms with Crippen LogP contribution in [0.25, 0.3) is 0 Å². The maximum absolute atomic E-state index is 11.9.